The number of nitrogens with zero attached hydrogens (tertiary/aromatic N) is 1. The molecule has 0 spiro atoms. The van der Waals surface area contributed by atoms with Gasteiger partial charge in [0.15, 0.2) is 0 Å². The second-order valence-electron chi connectivity index (χ2n) is 6.21. The lowest BCUT2D eigenvalue weighted by molar-refractivity contribution is 0.241. The molecule has 0 aromatic carbocycles. The first-order valence-electron chi connectivity index (χ1n) is 6.24. The van der Waals surface area contributed by atoms with Crippen molar-refractivity contribution in [1.82, 2.24) is 4.90 Å². The Bertz CT molecular complexity index is 352. The maximum Gasteiger partial charge on any atom is 0.148 e. The lowest BCUT2D eigenvalue weighted by Gasteiger charge is -2.29. The molecule has 0 radical (unpaired) electrons. The summed E-state index contributed by atoms with van der Waals surface area (Å²) in [5.74, 6) is 0.726. The number of rotatable bonds is 5. The van der Waals surface area contributed by atoms with Gasteiger partial charge in [0, 0.05) is 25.4 Å². The van der Waals surface area contributed by atoms with Gasteiger partial charge in [-0.1, -0.05) is 13.8 Å². The summed E-state index contributed by atoms with van der Waals surface area (Å²) in [6.45, 7) is 5.94. The molecule has 2 N–H and O–H groups in total. The van der Waals surface area contributed by atoms with Gasteiger partial charge in [-0.25, -0.2) is 8.42 Å². The molecule has 2 unspecified atom stereocenters. The highest BCUT2D eigenvalue weighted by atomic mass is 32.2. The van der Waals surface area contributed by atoms with Crippen LogP contribution in [0.15, 0.2) is 0 Å². The molecule has 4 nitrogen and oxygen atoms in total. The van der Waals surface area contributed by atoms with Gasteiger partial charge in [-0.15, -0.1) is 0 Å². The minimum atomic E-state index is -2.86. The number of hydrogen-bond acceptors (Lipinski definition) is 4. The van der Waals surface area contributed by atoms with Crippen molar-refractivity contribution < 1.29 is 8.42 Å². The molecule has 2 atom stereocenters. The fourth-order valence-corrected chi connectivity index (χ4v) is 3.20. The summed E-state index contributed by atoms with van der Waals surface area (Å²) in [4.78, 5) is 2.09. The van der Waals surface area contributed by atoms with Crippen molar-refractivity contribution in [3.63, 3.8) is 0 Å². The third-order valence-corrected chi connectivity index (χ3v) is 4.88. The van der Waals surface area contributed by atoms with E-state index in [0.29, 0.717) is 12.5 Å². The first-order valence-corrected chi connectivity index (χ1v) is 8.30. The third kappa shape index (κ3) is 4.56. The molecule has 1 saturated carbocycles. The molecular formula is C12H26N2O2S. The van der Waals surface area contributed by atoms with Crippen molar-refractivity contribution in [1.29, 1.82) is 0 Å². The standard InChI is InChI=1S/C12H26N2O2S/c1-12(2)6-5-10(11(12)13)9-14(3)7-8-17(4,15)16/h10-11H,5-9,13H2,1-4H3. The van der Waals surface area contributed by atoms with Crippen LogP contribution in [0.1, 0.15) is 26.7 Å². The maximum atomic E-state index is 11.1. The zero-order valence-electron chi connectivity index (χ0n) is 11.4. The third-order valence-electron chi connectivity index (χ3n) is 3.96. The Morgan fingerprint density at radius 1 is 1.41 bits per heavy atom. The predicted octanol–water partition coefficient (Wildman–Crippen LogP) is 0.726. The Morgan fingerprint density at radius 3 is 2.41 bits per heavy atom. The van der Waals surface area contributed by atoms with Crippen LogP contribution in [0.3, 0.4) is 0 Å². The van der Waals surface area contributed by atoms with Crippen molar-refractivity contribution in [2.24, 2.45) is 17.1 Å². The van der Waals surface area contributed by atoms with E-state index in [1.165, 1.54) is 12.7 Å². The van der Waals surface area contributed by atoms with Crippen LogP contribution in [0, 0.1) is 11.3 Å². The van der Waals surface area contributed by atoms with Gasteiger partial charge in [-0.05, 0) is 31.2 Å². The second kappa shape index (κ2) is 5.24. The monoisotopic (exact) mass is 262 g/mol. The van der Waals surface area contributed by atoms with E-state index >= 15 is 0 Å². The van der Waals surface area contributed by atoms with Crippen LogP contribution in [-0.2, 0) is 9.84 Å². The van der Waals surface area contributed by atoms with Crippen LogP contribution in [0.2, 0.25) is 0 Å². The number of hydrogen-bond donors (Lipinski definition) is 1. The van der Waals surface area contributed by atoms with E-state index in [-0.39, 0.29) is 17.2 Å². The highest BCUT2D eigenvalue weighted by molar-refractivity contribution is 7.90. The molecule has 0 saturated heterocycles. The van der Waals surface area contributed by atoms with Gasteiger partial charge in [0.25, 0.3) is 0 Å². The van der Waals surface area contributed by atoms with E-state index in [1.807, 2.05) is 7.05 Å². The van der Waals surface area contributed by atoms with Crippen LogP contribution in [0.5, 0.6) is 0 Å². The molecule has 0 amide bonds. The normalized spacial score (nSPS) is 28.8. The quantitative estimate of drug-likeness (QED) is 0.793. The summed E-state index contributed by atoms with van der Waals surface area (Å²) >= 11 is 0. The van der Waals surface area contributed by atoms with E-state index < -0.39 is 9.84 Å². The minimum Gasteiger partial charge on any atom is -0.327 e. The Balaban J connectivity index is 2.40. The van der Waals surface area contributed by atoms with E-state index in [9.17, 15) is 8.42 Å². The fourth-order valence-electron chi connectivity index (χ4n) is 2.56. The van der Waals surface area contributed by atoms with Crippen molar-refractivity contribution in [2.45, 2.75) is 32.7 Å². The van der Waals surface area contributed by atoms with Gasteiger partial charge >= 0.3 is 0 Å². The molecule has 1 fully saturated rings. The largest absolute Gasteiger partial charge is 0.327 e. The van der Waals surface area contributed by atoms with Gasteiger partial charge in [0.1, 0.15) is 9.84 Å². The summed E-state index contributed by atoms with van der Waals surface area (Å²) in [6, 6.07) is 0.225. The molecule has 0 bridgehead atoms. The van der Waals surface area contributed by atoms with Crippen LogP contribution in [-0.4, -0.2) is 51.5 Å². The van der Waals surface area contributed by atoms with Gasteiger partial charge in [-0.3, -0.25) is 0 Å². The van der Waals surface area contributed by atoms with Crippen molar-refractivity contribution >= 4 is 9.84 Å². The number of sulfone groups is 1. The molecular weight excluding hydrogens is 236 g/mol. The SMILES string of the molecule is CN(CCS(C)(=O)=O)CC1CCC(C)(C)C1N. The zero-order valence-corrected chi connectivity index (χ0v) is 12.3. The molecule has 0 aromatic rings. The average Bonchev–Trinajstić information content (AvgIpc) is 2.41. The smallest absolute Gasteiger partial charge is 0.148 e. The molecule has 5 heteroatoms. The highest BCUT2D eigenvalue weighted by Crippen LogP contribution is 2.40. The lowest BCUT2D eigenvalue weighted by atomic mass is 9.85. The van der Waals surface area contributed by atoms with E-state index in [4.69, 9.17) is 5.73 Å². The summed E-state index contributed by atoms with van der Waals surface area (Å²) in [7, 11) is -0.887. The number of nitrogens with two attached hydrogens (primary N) is 1. The molecule has 0 aliphatic heterocycles. The van der Waals surface area contributed by atoms with Crippen LogP contribution in [0.25, 0.3) is 0 Å². The van der Waals surface area contributed by atoms with E-state index in [1.54, 1.807) is 0 Å². The topological polar surface area (TPSA) is 63.4 Å². The van der Waals surface area contributed by atoms with Crippen LogP contribution < -0.4 is 5.73 Å². The van der Waals surface area contributed by atoms with E-state index in [2.05, 4.69) is 18.7 Å². The van der Waals surface area contributed by atoms with Crippen molar-refractivity contribution in [3.05, 3.63) is 0 Å². The molecule has 1 rings (SSSR count). The summed E-state index contributed by atoms with van der Waals surface area (Å²) in [6.07, 6.45) is 3.60. The van der Waals surface area contributed by atoms with Gasteiger partial charge in [0.05, 0.1) is 5.75 Å². The first kappa shape index (κ1) is 14.9. The van der Waals surface area contributed by atoms with Gasteiger partial charge in [0.2, 0.25) is 0 Å². The van der Waals surface area contributed by atoms with Crippen LogP contribution >= 0.6 is 0 Å². The first-order chi connectivity index (χ1) is 7.62. The molecule has 1 aliphatic rings. The average molecular weight is 262 g/mol. The van der Waals surface area contributed by atoms with Gasteiger partial charge in [-0.2, -0.15) is 0 Å². The second-order valence-corrected chi connectivity index (χ2v) is 8.46. The fraction of sp³-hybridized carbons (Fsp3) is 1.00. The van der Waals surface area contributed by atoms with Crippen molar-refractivity contribution in [3.8, 4) is 0 Å². The molecule has 17 heavy (non-hydrogen) atoms. The lowest BCUT2D eigenvalue weighted by Crippen LogP contribution is -2.42. The van der Waals surface area contributed by atoms with Gasteiger partial charge < -0.3 is 10.6 Å². The molecule has 1 aliphatic carbocycles. The Morgan fingerprint density at radius 2 is 2.00 bits per heavy atom. The molecule has 102 valence electrons. The maximum absolute atomic E-state index is 11.1. The Labute approximate surface area is 105 Å². The predicted molar refractivity (Wildman–Crippen MR) is 71.7 cm³/mol. The summed E-state index contributed by atoms with van der Waals surface area (Å²) < 4.78 is 22.2. The van der Waals surface area contributed by atoms with E-state index in [0.717, 1.165) is 13.0 Å². The molecule has 0 aromatic heterocycles. The van der Waals surface area contributed by atoms with Crippen molar-refractivity contribution in [2.75, 3.05) is 32.1 Å². The minimum absolute atomic E-state index is 0.225. The summed E-state index contributed by atoms with van der Waals surface area (Å²) in [5, 5.41) is 0. The summed E-state index contributed by atoms with van der Waals surface area (Å²) in [5.41, 5.74) is 6.47. The highest BCUT2D eigenvalue weighted by Gasteiger charge is 2.39. The Hall–Kier alpha value is -0.130. The Kier molecular flexibility index (Phi) is 4.60. The van der Waals surface area contributed by atoms with Crippen LogP contribution in [0.4, 0.5) is 0 Å². The zero-order chi connectivity index (χ0) is 13.3. The molecule has 0 heterocycles.